The van der Waals surface area contributed by atoms with Gasteiger partial charge in [-0.25, -0.2) is 0 Å². The number of rotatable bonds is 3. The number of nitrogens with zero attached hydrogens (tertiary/aromatic N) is 1. The summed E-state index contributed by atoms with van der Waals surface area (Å²) in [6.45, 7) is 0. The largest absolute Gasteiger partial charge is 0.490 e. The lowest BCUT2D eigenvalue weighted by atomic mass is 10.1. The van der Waals surface area contributed by atoms with Crippen LogP contribution in [0.3, 0.4) is 0 Å². The molecule has 22 heavy (non-hydrogen) atoms. The summed E-state index contributed by atoms with van der Waals surface area (Å²) in [5.41, 5.74) is 1.67. The number of fused-ring (bicyclic) bond motifs is 1. The van der Waals surface area contributed by atoms with E-state index in [0.29, 0.717) is 16.8 Å². The predicted octanol–water partition coefficient (Wildman–Crippen LogP) is 2.46. The van der Waals surface area contributed by atoms with Crippen molar-refractivity contribution in [3.63, 3.8) is 0 Å². The lowest BCUT2D eigenvalue weighted by molar-refractivity contribution is -0.385. The Balaban J connectivity index is 1.98. The van der Waals surface area contributed by atoms with Gasteiger partial charge in [-0.15, -0.1) is 0 Å². The zero-order valence-electron chi connectivity index (χ0n) is 11.7. The van der Waals surface area contributed by atoms with Crippen molar-refractivity contribution in [1.82, 2.24) is 5.32 Å². The zero-order chi connectivity index (χ0) is 15.7. The highest BCUT2D eigenvalue weighted by Crippen LogP contribution is 2.32. The fourth-order valence-corrected chi connectivity index (χ4v) is 2.40. The molecule has 0 radical (unpaired) electrons. The third kappa shape index (κ3) is 2.32. The van der Waals surface area contributed by atoms with E-state index in [1.54, 1.807) is 24.3 Å². The molecule has 2 N–H and O–H groups in total. The Morgan fingerprint density at radius 2 is 1.95 bits per heavy atom. The van der Waals surface area contributed by atoms with Gasteiger partial charge >= 0.3 is 5.69 Å². The van der Waals surface area contributed by atoms with Gasteiger partial charge in [-0.1, -0.05) is 18.2 Å². The van der Waals surface area contributed by atoms with E-state index >= 15 is 0 Å². The van der Waals surface area contributed by atoms with Crippen molar-refractivity contribution in [2.24, 2.45) is 0 Å². The van der Waals surface area contributed by atoms with E-state index < -0.39 is 11.1 Å². The second-order valence-electron chi connectivity index (χ2n) is 4.78. The van der Waals surface area contributed by atoms with Gasteiger partial charge in [-0.05, 0) is 18.2 Å². The molecule has 0 fully saturated rings. The number of methoxy groups -OCH3 is 1. The van der Waals surface area contributed by atoms with Crippen LogP contribution in [0.2, 0.25) is 0 Å². The van der Waals surface area contributed by atoms with Crippen molar-refractivity contribution >= 4 is 17.3 Å². The fraction of sp³-hybridized carbons (Fsp3) is 0.133. The van der Waals surface area contributed by atoms with Crippen LogP contribution < -0.4 is 15.4 Å². The van der Waals surface area contributed by atoms with Crippen LogP contribution in [0.5, 0.6) is 5.75 Å². The van der Waals surface area contributed by atoms with Gasteiger partial charge < -0.3 is 15.4 Å². The first-order valence-corrected chi connectivity index (χ1v) is 6.59. The van der Waals surface area contributed by atoms with Gasteiger partial charge in [-0.3, -0.25) is 14.9 Å². The normalized spacial score (nSPS) is 16.2. The number of carbonyl (C=O) groups excluding carboxylic acids is 1. The first-order valence-electron chi connectivity index (χ1n) is 6.59. The van der Waals surface area contributed by atoms with Gasteiger partial charge in [0.1, 0.15) is 6.17 Å². The van der Waals surface area contributed by atoms with Crippen LogP contribution in [-0.2, 0) is 0 Å². The number of hydrogen-bond donors (Lipinski definition) is 2. The summed E-state index contributed by atoms with van der Waals surface area (Å²) in [6, 6.07) is 11.7. The number of anilines is 1. The van der Waals surface area contributed by atoms with Crippen molar-refractivity contribution in [3.05, 3.63) is 63.7 Å². The molecule has 0 aliphatic carbocycles. The Morgan fingerprint density at radius 3 is 2.68 bits per heavy atom. The standard InChI is InChI=1S/C15H13N3O4/c1-22-13-7-6-9(8-12(13)18(20)21)14-16-11-5-3-2-4-10(11)15(19)17-14/h2-8,14,16H,1H3,(H,17,19)/t14-/m0/s1. The molecule has 0 spiro atoms. The summed E-state index contributed by atoms with van der Waals surface area (Å²) < 4.78 is 4.98. The summed E-state index contributed by atoms with van der Waals surface area (Å²) in [6.07, 6.45) is -0.535. The maximum absolute atomic E-state index is 12.1. The zero-order valence-corrected chi connectivity index (χ0v) is 11.7. The van der Waals surface area contributed by atoms with Crippen LogP contribution >= 0.6 is 0 Å². The van der Waals surface area contributed by atoms with Crippen LogP contribution in [0.4, 0.5) is 11.4 Å². The summed E-state index contributed by atoms with van der Waals surface area (Å²) in [5.74, 6) is -0.0471. The van der Waals surface area contributed by atoms with Crippen LogP contribution in [0.15, 0.2) is 42.5 Å². The Kier molecular flexibility index (Phi) is 3.38. The highest BCUT2D eigenvalue weighted by Gasteiger charge is 2.26. The van der Waals surface area contributed by atoms with Crippen molar-refractivity contribution in [1.29, 1.82) is 0 Å². The van der Waals surface area contributed by atoms with Crippen LogP contribution in [-0.4, -0.2) is 17.9 Å². The lowest BCUT2D eigenvalue weighted by Crippen LogP contribution is -2.38. The number of carbonyl (C=O) groups is 1. The summed E-state index contributed by atoms with van der Waals surface area (Å²) in [7, 11) is 1.37. The molecule has 1 amide bonds. The Morgan fingerprint density at radius 1 is 1.18 bits per heavy atom. The molecular weight excluding hydrogens is 286 g/mol. The molecule has 2 aromatic carbocycles. The highest BCUT2D eigenvalue weighted by molar-refractivity contribution is 6.01. The van der Waals surface area contributed by atoms with Crippen molar-refractivity contribution in [3.8, 4) is 5.75 Å². The van der Waals surface area contributed by atoms with Crippen molar-refractivity contribution < 1.29 is 14.5 Å². The van der Waals surface area contributed by atoms with Crippen molar-refractivity contribution in [2.45, 2.75) is 6.17 Å². The molecule has 0 saturated heterocycles. The Labute approximate surface area is 126 Å². The van der Waals surface area contributed by atoms with E-state index in [4.69, 9.17) is 4.74 Å². The highest BCUT2D eigenvalue weighted by atomic mass is 16.6. The molecular formula is C15H13N3O4. The minimum Gasteiger partial charge on any atom is -0.490 e. The number of amides is 1. The molecule has 7 heteroatoms. The van der Waals surface area contributed by atoms with E-state index in [2.05, 4.69) is 10.6 Å². The maximum Gasteiger partial charge on any atom is 0.311 e. The number of benzene rings is 2. The predicted molar refractivity (Wildman–Crippen MR) is 79.9 cm³/mol. The van der Waals surface area contributed by atoms with Crippen LogP contribution in [0.1, 0.15) is 22.1 Å². The SMILES string of the molecule is COc1ccc([C@@H]2NC(=O)c3ccccc3N2)cc1[N+](=O)[O-]. The first kappa shape index (κ1) is 13.9. The van der Waals surface area contributed by atoms with Gasteiger partial charge in [0, 0.05) is 17.3 Å². The monoisotopic (exact) mass is 299 g/mol. The maximum atomic E-state index is 12.1. The van der Waals surface area contributed by atoms with E-state index in [1.807, 2.05) is 6.07 Å². The smallest absolute Gasteiger partial charge is 0.311 e. The molecule has 2 aromatic rings. The van der Waals surface area contributed by atoms with Gasteiger partial charge in [0.2, 0.25) is 0 Å². The van der Waals surface area contributed by atoms with Gasteiger partial charge in [0.05, 0.1) is 17.6 Å². The topological polar surface area (TPSA) is 93.5 Å². The molecule has 1 heterocycles. The second-order valence-corrected chi connectivity index (χ2v) is 4.78. The lowest BCUT2D eigenvalue weighted by Gasteiger charge is -2.28. The number of para-hydroxylation sites is 1. The third-order valence-corrected chi connectivity index (χ3v) is 3.48. The van der Waals surface area contributed by atoms with Crippen molar-refractivity contribution in [2.75, 3.05) is 12.4 Å². The van der Waals surface area contributed by atoms with Gasteiger partial charge in [-0.2, -0.15) is 0 Å². The molecule has 1 aliphatic heterocycles. The number of hydrogen-bond acceptors (Lipinski definition) is 5. The molecule has 0 bridgehead atoms. The number of nitro groups is 1. The quantitative estimate of drug-likeness (QED) is 0.670. The second kappa shape index (κ2) is 5.36. The molecule has 0 aromatic heterocycles. The summed E-state index contributed by atoms with van der Waals surface area (Å²) in [5, 5.41) is 17.0. The minimum atomic E-state index is -0.535. The fourth-order valence-electron chi connectivity index (χ4n) is 2.40. The van der Waals surface area contributed by atoms with E-state index in [-0.39, 0.29) is 17.3 Å². The van der Waals surface area contributed by atoms with E-state index in [0.717, 1.165) is 0 Å². The van der Waals surface area contributed by atoms with E-state index in [9.17, 15) is 14.9 Å². The molecule has 112 valence electrons. The van der Waals surface area contributed by atoms with Gasteiger partial charge in [0.15, 0.2) is 5.75 Å². The van der Waals surface area contributed by atoms with Crippen LogP contribution in [0.25, 0.3) is 0 Å². The minimum absolute atomic E-state index is 0.144. The van der Waals surface area contributed by atoms with Crippen LogP contribution in [0, 0.1) is 10.1 Å². The molecule has 7 nitrogen and oxygen atoms in total. The van der Waals surface area contributed by atoms with E-state index in [1.165, 1.54) is 19.2 Å². The summed E-state index contributed by atoms with van der Waals surface area (Å²) >= 11 is 0. The Bertz CT molecular complexity index is 760. The number of nitrogens with one attached hydrogen (secondary N) is 2. The summed E-state index contributed by atoms with van der Waals surface area (Å²) in [4.78, 5) is 22.7. The average Bonchev–Trinajstić information content (AvgIpc) is 2.54. The first-order chi connectivity index (χ1) is 10.6. The Hall–Kier alpha value is -3.09. The molecule has 0 saturated carbocycles. The average molecular weight is 299 g/mol. The third-order valence-electron chi connectivity index (χ3n) is 3.48. The number of ether oxygens (including phenoxy) is 1. The molecule has 1 atom stereocenters. The molecule has 0 unspecified atom stereocenters. The van der Waals surface area contributed by atoms with Gasteiger partial charge in [0.25, 0.3) is 5.91 Å². The molecule has 1 aliphatic rings. The number of nitro benzene ring substituents is 1. The molecule has 3 rings (SSSR count).